The molecule has 1 aliphatic rings. The molecule has 7 nitrogen and oxygen atoms in total. The van der Waals surface area contributed by atoms with Gasteiger partial charge in [-0.05, 0) is 31.2 Å². The number of aromatic nitrogens is 2. The minimum absolute atomic E-state index is 0.0510. The van der Waals surface area contributed by atoms with Crippen LogP contribution in [0.25, 0.3) is 10.2 Å². The molecule has 0 spiro atoms. The lowest BCUT2D eigenvalue weighted by molar-refractivity contribution is -0.116. The zero-order valence-corrected chi connectivity index (χ0v) is 17.6. The van der Waals surface area contributed by atoms with Crippen LogP contribution >= 0.6 is 11.3 Å². The number of hydrogen-bond donors (Lipinski definition) is 2. The molecule has 0 aliphatic heterocycles. The minimum Gasteiger partial charge on any atom is -0.324 e. The van der Waals surface area contributed by atoms with Gasteiger partial charge < -0.3 is 10.6 Å². The number of benzene rings is 1. The molecule has 3 aromatic rings. The van der Waals surface area contributed by atoms with Crippen molar-refractivity contribution >= 4 is 44.7 Å². The molecule has 1 aromatic carbocycles. The number of carbonyl (C=O) groups is 2. The highest BCUT2D eigenvalue weighted by Crippen LogP contribution is 2.33. The highest BCUT2D eigenvalue weighted by atomic mass is 32.1. The number of anilines is 2. The van der Waals surface area contributed by atoms with E-state index in [2.05, 4.69) is 15.6 Å². The van der Waals surface area contributed by atoms with Crippen LogP contribution in [0.15, 0.2) is 23.3 Å². The summed E-state index contributed by atoms with van der Waals surface area (Å²) in [6.45, 7) is 1.29. The highest BCUT2D eigenvalue weighted by molar-refractivity contribution is 7.18. The van der Waals surface area contributed by atoms with Crippen LogP contribution in [0.2, 0.25) is 0 Å². The van der Waals surface area contributed by atoms with Crippen LogP contribution in [0.1, 0.15) is 36.6 Å². The molecule has 0 unspecified atom stereocenters. The molecule has 0 saturated carbocycles. The van der Waals surface area contributed by atoms with Crippen molar-refractivity contribution in [1.82, 2.24) is 9.55 Å². The number of nitrogens with zero attached hydrogens (tertiary/aromatic N) is 2. The molecule has 0 saturated heterocycles. The number of halogens is 2. The Balaban J connectivity index is 1.51. The topological polar surface area (TPSA) is 93.1 Å². The molecule has 0 bridgehead atoms. The van der Waals surface area contributed by atoms with Gasteiger partial charge in [0.1, 0.15) is 4.83 Å². The standard InChI is InChI=1S/C21H20F2N4O3S/c1-11(28)25-15-8-13(22)14(23)9-16(15)26-18(29)6-7-27-10-24-20-19(21(27)30)12-4-2-3-5-17(12)31-20/h8-10H,2-7H2,1H3,(H,25,28)(H,26,29). The monoisotopic (exact) mass is 446 g/mol. The maximum Gasteiger partial charge on any atom is 0.262 e. The largest absolute Gasteiger partial charge is 0.324 e. The molecule has 0 radical (unpaired) electrons. The molecule has 2 N–H and O–H groups in total. The van der Waals surface area contributed by atoms with Gasteiger partial charge in [0.25, 0.3) is 5.56 Å². The van der Waals surface area contributed by atoms with Crippen molar-refractivity contribution in [3.63, 3.8) is 0 Å². The SMILES string of the molecule is CC(=O)Nc1cc(F)c(F)cc1NC(=O)CCn1cnc2sc3c(c2c1=O)CCCC3. The summed E-state index contributed by atoms with van der Waals surface area (Å²) in [5, 5.41) is 5.45. The fourth-order valence-electron chi connectivity index (χ4n) is 3.72. The average Bonchev–Trinajstić information content (AvgIpc) is 3.10. The van der Waals surface area contributed by atoms with Gasteiger partial charge in [0.15, 0.2) is 11.6 Å². The van der Waals surface area contributed by atoms with Gasteiger partial charge >= 0.3 is 0 Å². The van der Waals surface area contributed by atoms with E-state index >= 15 is 0 Å². The lowest BCUT2D eigenvalue weighted by atomic mass is 9.97. The van der Waals surface area contributed by atoms with Crippen molar-refractivity contribution in [2.75, 3.05) is 10.6 Å². The van der Waals surface area contributed by atoms with Gasteiger partial charge in [0, 0.05) is 36.9 Å². The third-order valence-electron chi connectivity index (χ3n) is 5.17. The van der Waals surface area contributed by atoms with Crippen molar-refractivity contribution in [1.29, 1.82) is 0 Å². The highest BCUT2D eigenvalue weighted by Gasteiger charge is 2.20. The van der Waals surface area contributed by atoms with E-state index < -0.39 is 23.4 Å². The number of thiophene rings is 1. The lowest BCUT2D eigenvalue weighted by Gasteiger charge is -2.13. The number of nitrogens with one attached hydrogen (secondary N) is 2. The average molecular weight is 446 g/mol. The van der Waals surface area contributed by atoms with E-state index in [-0.39, 0.29) is 29.9 Å². The molecular weight excluding hydrogens is 426 g/mol. The van der Waals surface area contributed by atoms with Crippen LogP contribution in [0.5, 0.6) is 0 Å². The maximum atomic E-state index is 13.6. The molecule has 1 aliphatic carbocycles. The summed E-state index contributed by atoms with van der Waals surface area (Å²) in [5.41, 5.74) is 0.782. The van der Waals surface area contributed by atoms with Crippen LogP contribution in [-0.2, 0) is 29.0 Å². The van der Waals surface area contributed by atoms with Crippen molar-refractivity contribution < 1.29 is 18.4 Å². The summed E-state index contributed by atoms with van der Waals surface area (Å²) in [7, 11) is 0. The second-order valence-corrected chi connectivity index (χ2v) is 8.51. The molecular formula is C21H20F2N4O3S. The fraction of sp³-hybridized carbons (Fsp3) is 0.333. The summed E-state index contributed by atoms with van der Waals surface area (Å²) in [5.74, 6) is -3.31. The summed E-state index contributed by atoms with van der Waals surface area (Å²) in [6, 6.07) is 1.60. The van der Waals surface area contributed by atoms with Crippen molar-refractivity contribution in [3.05, 3.63) is 50.9 Å². The Morgan fingerprint density at radius 3 is 2.52 bits per heavy atom. The van der Waals surface area contributed by atoms with Gasteiger partial charge in [0.2, 0.25) is 11.8 Å². The van der Waals surface area contributed by atoms with Crippen LogP contribution < -0.4 is 16.2 Å². The number of aryl methyl sites for hydroxylation is 3. The zero-order valence-electron chi connectivity index (χ0n) is 16.8. The van der Waals surface area contributed by atoms with Crippen molar-refractivity contribution in [2.45, 2.75) is 45.6 Å². The van der Waals surface area contributed by atoms with E-state index in [4.69, 9.17) is 0 Å². The molecule has 10 heteroatoms. The normalized spacial score (nSPS) is 13.1. The number of carbonyl (C=O) groups excluding carboxylic acids is 2. The number of hydrogen-bond acceptors (Lipinski definition) is 5. The van der Waals surface area contributed by atoms with Crippen molar-refractivity contribution in [3.8, 4) is 0 Å². The molecule has 2 heterocycles. The first-order valence-corrected chi connectivity index (χ1v) is 10.7. The first-order chi connectivity index (χ1) is 14.8. The van der Waals surface area contributed by atoms with Crippen molar-refractivity contribution in [2.24, 2.45) is 0 Å². The maximum absolute atomic E-state index is 13.6. The van der Waals surface area contributed by atoms with Gasteiger partial charge in [-0.2, -0.15) is 0 Å². The lowest BCUT2D eigenvalue weighted by Crippen LogP contribution is -2.24. The van der Waals surface area contributed by atoms with E-state index in [0.29, 0.717) is 5.39 Å². The number of amides is 2. The number of rotatable bonds is 5. The summed E-state index contributed by atoms with van der Waals surface area (Å²) in [4.78, 5) is 43.0. The Hall–Kier alpha value is -3.14. The Morgan fingerprint density at radius 1 is 1.13 bits per heavy atom. The van der Waals surface area contributed by atoms with E-state index in [1.54, 1.807) is 11.3 Å². The van der Waals surface area contributed by atoms with Gasteiger partial charge in [-0.15, -0.1) is 11.3 Å². The second-order valence-electron chi connectivity index (χ2n) is 7.43. The fourth-order valence-corrected chi connectivity index (χ4v) is 4.94. The van der Waals surface area contributed by atoms with Crippen LogP contribution in [0.3, 0.4) is 0 Å². The number of fused-ring (bicyclic) bond motifs is 3. The van der Waals surface area contributed by atoms with Crippen LogP contribution in [0.4, 0.5) is 20.2 Å². The zero-order chi connectivity index (χ0) is 22.1. The van der Waals surface area contributed by atoms with Crippen LogP contribution in [-0.4, -0.2) is 21.4 Å². The van der Waals surface area contributed by atoms with E-state index in [0.717, 1.165) is 48.2 Å². The quantitative estimate of drug-likeness (QED) is 0.626. The molecule has 31 heavy (non-hydrogen) atoms. The summed E-state index contributed by atoms with van der Waals surface area (Å²) >= 11 is 1.55. The molecule has 0 fully saturated rings. The van der Waals surface area contributed by atoms with E-state index in [1.165, 1.54) is 22.7 Å². The van der Waals surface area contributed by atoms with Gasteiger partial charge in [-0.1, -0.05) is 0 Å². The Labute approximate surface area is 180 Å². The van der Waals surface area contributed by atoms with Gasteiger partial charge in [0.05, 0.1) is 23.1 Å². The smallest absolute Gasteiger partial charge is 0.262 e. The van der Waals surface area contributed by atoms with E-state index in [1.807, 2.05) is 0 Å². The molecule has 0 atom stereocenters. The first-order valence-electron chi connectivity index (χ1n) is 9.89. The molecule has 2 amide bonds. The third-order valence-corrected chi connectivity index (χ3v) is 6.37. The Morgan fingerprint density at radius 2 is 1.81 bits per heavy atom. The van der Waals surface area contributed by atoms with Gasteiger partial charge in [-0.3, -0.25) is 19.0 Å². The Kier molecular flexibility index (Phi) is 5.81. The molecule has 162 valence electrons. The van der Waals surface area contributed by atoms with Gasteiger partial charge in [-0.25, -0.2) is 13.8 Å². The van der Waals surface area contributed by atoms with E-state index in [9.17, 15) is 23.2 Å². The first kappa shape index (κ1) is 21.1. The predicted molar refractivity (Wildman–Crippen MR) is 114 cm³/mol. The second kappa shape index (κ2) is 8.54. The third kappa shape index (κ3) is 4.34. The van der Waals surface area contributed by atoms with Crippen LogP contribution in [0, 0.1) is 11.6 Å². The molecule has 2 aromatic heterocycles. The predicted octanol–water partition coefficient (Wildman–Crippen LogP) is 3.60. The minimum atomic E-state index is -1.16. The summed E-state index contributed by atoms with van der Waals surface area (Å²) in [6.07, 6.45) is 5.32. The molecule has 4 rings (SSSR count). The Bertz CT molecular complexity index is 1250. The summed E-state index contributed by atoms with van der Waals surface area (Å²) < 4.78 is 28.5.